The van der Waals surface area contributed by atoms with Gasteiger partial charge >= 0.3 is 0 Å². The van der Waals surface area contributed by atoms with E-state index in [0.29, 0.717) is 11.4 Å². The number of hydrogen-bond acceptors (Lipinski definition) is 4. The topological polar surface area (TPSA) is 51.4 Å². The molecule has 0 bridgehead atoms. The first-order valence-corrected chi connectivity index (χ1v) is 5.27. The third-order valence-corrected chi connectivity index (χ3v) is 2.34. The van der Waals surface area contributed by atoms with Crippen LogP contribution in [0.15, 0.2) is 12.3 Å². The standard InChI is InChI=1S/C12H14N3O.Y/c13-11-3-4-12(14-10-11)2-1-5-15-6-8-16-9-7-15;/h4,10H,5-9,13H2;/q-1;. The molecule has 5 heteroatoms. The molecule has 1 aliphatic heterocycles. The molecule has 2 N–H and O–H groups in total. The van der Waals surface area contributed by atoms with E-state index in [9.17, 15) is 0 Å². The number of aromatic nitrogens is 1. The summed E-state index contributed by atoms with van der Waals surface area (Å²) in [5, 5.41) is 0. The number of ether oxygens (including phenoxy) is 1. The molecule has 0 aliphatic carbocycles. The molecule has 1 aliphatic rings. The van der Waals surface area contributed by atoms with Crippen molar-refractivity contribution >= 4 is 5.69 Å². The Labute approximate surface area is 127 Å². The van der Waals surface area contributed by atoms with Crippen LogP contribution in [0.2, 0.25) is 0 Å². The van der Waals surface area contributed by atoms with Gasteiger partial charge in [0.1, 0.15) is 0 Å². The molecule has 2 heterocycles. The Balaban J connectivity index is 0.00000144. The van der Waals surface area contributed by atoms with Gasteiger partial charge in [-0.05, 0) is 5.69 Å². The van der Waals surface area contributed by atoms with Crippen molar-refractivity contribution in [2.75, 3.05) is 38.6 Å². The van der Waals surface area contributed by atoms with Gasteiger partial charge in [-0.15, -0.1) is 12.0 Å². The van der Waals surface area contributed by atoms with Crippen LogP contribution in [-0.2, 0) is 37.4 Å². The van der Waals surface area contributed by atoms with Crippen molar-refractivity contribution in [2.45, 2.75) is 0 Å². The molecule has 1 aromatic heterocycles. The van der Waals surface area contributed by atoms with Gasteiger partial charge in [-0.1, -0.05) is 17.8 Å². The minimum Gasteiger partial charge on any atom is -0.418 e. The largest absolute Gasteiger partial charge is 0.418 e. The van der Waals surface area contributed by atoms with Gasteiger partial charge in [-0.2, -0.15) is 6.07 Å². The minimum atomic E-state index is 0. The number of nitrogens with two attached hydrogens (primary N) is 1. The van der Waals surface area contributed by atoms with Crippen LogP contribution >= 0.6 is 0 Å². The molecule has 0 amide bonds. The quantitative estimate of drug-likeness (QED) is 0.593. The summed E-state index contributed by atoms with van der Waals surface area (Å²) in [6, 6.07) is 4.58. The molecule has 1 aromatic rings. The predicted molar refractivity (Wildman–Crippen MR) is 61.6 cm³/mol. The van der Waals surface area contributed by atoms with Crippen molar-refractivity contribution in [2.24, 2.45) is 0 Å². The van der Waals surface area contributed by atoms with E-state index in [1.165, 1.54) is 0 Å². The van der Waals surface area contributed by atoms with Crippen molar-refractivity contribution in [1.82, 2.24) is 9.88 Å². The van der Waals surface area contributed by atoms with Crippen molar-refractivity contribution < 1.29 is 37.4 Å². The van der Waals surface area contributed by atoms with Crippen molar-refractivity contribution in [3.63, 3.8) is 0 Å². The zero-order valence-electron chi connectivity index (χ0n) is 9.65. The maximum absolute atomic E-state index is 5.48. The van der Waals surface area contributed by atoms with E-state index in [4.69, 9.17) is 10.5 Å². The Morgan fingerprint density at radius 1 is 1.47 bits per heavy atom. The van der Waals surface area contributed by atoms with Crippen LogP contribution in [0.5, 0.6) is 0 Å². The number of anilines is 1. The van der Waals surface area contributed by atoms with Crippen molar-refractivity contribution in [3.8, 4) is 11.8 Å². The van der Waals surface area contributed by atoms with Gasteiger partial charge in [-0.3, -0.25) is 4.90 Å². The summed E-state index contributed by atoms with van der Waals surface area (Å²) >= 11 is 0. The van der Waals surface area contributed by atoms with Crippen molar-refractivity contribution in [1.29, 1.82) is 0 Å². The van der Waals surface area contributed by atoms with Crippen molar-refractivity contribution in [3.05, 3.63) is 24.0 Å². The molecule has 1 fully saturated rings. The third-order valence-electron chi connectivity index (χ3n) is 2.34. The number of nitrogen functional groups attached to an aromatic ring is 1. The van der Waals surface area contributed by atoms with E-state index in [2.05, 4.69) is 27.8 Å². The molecule has 0 spiro atoms. The third kappa shape index (κ3) is 5.14. The molecule has 87 valence electrons. The van der Waals surface area contributed by atoms with E-state index in [-0.39, 0.29) is 32.7 Å². The molecule has 0 unspecified atom stereocenters. The number of pyridine rings is 1. The van der Waals surface area contributed by atoms with Gasteiger partial charge in [0.25, 0.3) is 0 Å². The van der Waals surface area contributed by atoms with Crippen LogP contribution in [-0.4, -0.2) is 42.7 Å². The maximum Gasteiger partial charge on any atom is 0.0596 e. The Morgan fingerprint density at radius 3 is 2.88 bits per heavy atom. The zero-order chi connectivity index (χ0) is 11.2. The van der Waals surface area contributed by atoms with E-state index in [1.807, 2.05) is 0 Å². The van der Waals surface area contributed by atoms with E-state index in [0.717, 1.165) is 32.8 Å². The molecule has 2 rings (SSSR count). The summed E-state index contributed by atoms with van der Waals surface area (Å²) in [6.45, 7) is 4.27. The fourth-order valence-corrected chi connectivity index (χ4v) is 1.43. The average Bonchev–Trinajstić information content (AvgIpc) is 2.33. The Morgan fingerprint density at radius 2 is 2.24 bits per heavy atom. The molecule has 0 atom stereocenters. The Kier molecular flexibility index (Phi) is 6.68. The fourth-order valence-electron chi connectivity index (χ4n) is 1.43. The van der Waals surface area contributed by atoms with Gasteiger partial charge < -0.3 is 15.5 Å². The van der Waals surface area contributed by atoms with Crippen LogP contribution in [0.4, 0.5) is 5.69 Å². The summed E-state index contributed by atoms with van der Waals surface area (Å²) in [5.74, 6) is 6.08. The van der Waals surface area contributed by atoms with Crippen LogP contribution in [0.1, 0.15) is 5.69 Å². The molecule has 17 heavy (non-hydrogen) atoms. The molecule has 1 saturated heterocycles. The van der Waals surface area contributed by atoms with Crippen LogP contribution in [0, 0.1) is 17.9 Å². The maximum atomic E-state index is 5.48. The van der Waals surface area contributed by atoms with Crippen LogP contribution in [0.25, 0.3) is 0 Å². The fraction of sp³-hybridized carbons (Fsp3) is 0.417. The smallest absolute Gasteiger partial charge is 0.0596 e. The normalized spacial score (nSPS) is 15.5. The Hall–Kier alpha value is -0.466. The monoisotopic (exact) mass is 305 g/mol. The molecule has 0 aromatic carbocycles. The van der Waals surface area contributed by atoms with E-state index < -0.39 is 0 Å². The first-order valence-electron chi connectivity index (χ1n) is 5.27. The second kappa shape index (κ2) is 7.78. The summed E-state index contributed by atoms with van der Waals surface area (Å²) in [6.07, 6.45) is 1.57. The van der Waals surface area contributed by atoms with E-state index in [1.54, 1.807) is 12.3 Å². The van der Waals surface area contributed by atoms with Gasteiger partial charge in [0, 0.05) is 45.8 Å². The van der Waals surface area contributed by atoms with Gasteiger partial charge in [0.15, 0.2) is 0 Å². The summed E-state index contributed by atoms with van der Waals surface area (Å²) in [5.41, 5.74) is 6.73. The summed E-state index contributed by atoms with van der Waals surface area (Å²) in [4.78, 5) is 6.35. The molecular weight excluding hydrogens is 291 g/mol. The first kappa shape index (κ1) is 14.6. The second-order valence-electron chi connectivity index (χ2n) is 3.58. The number of hydrogen-bond donors (Lipinski definition) is 1. The Bertz CT molecular complexity index is 390. The van der Waals surface area contributed by atoms with Gasteiger partial charge in [0.05, 0.1) is 19.8 Å². The number of morpholine rings is 1. The summed E-state index contributed by atoms with van der Waals surface area (Å²) < 4.78 is 5.26. The molecule has 1 radical (unpaired) electrons. The minimum absolute atomic E-state index is 0. The van der Waals surface area contributed by atoms with Crippen LogP contribution in [0.3, 0.4) is 0 Å². The molecule has 0 saturated carbocycles. The zero-order valence-corrected chi connectivity index (χ0v) is 12.5. The number of nitrogens with zero attached hydrogens (tertiary/aromatic N) is 2. The first-order chi connectivity index (χ1) is 7.84. The second-order valence-corrected chi connectivity index (χ2v) is 3.58. The summed E-state index contributed by atoms with van der Waals surface area (Å²) in [7, 11) is 0. The SMILES string of the molecule is Nc1[c-]cc(C#CCN2CCOCC2)nc1.[Y]. The van der Waals surface area contributed by atoms with E-state index >= 15 is 0 Å². The number of rotatable bonds is 1. The van der Waals surface area contributed by atoms with Gasteiger partial charge in [0.2, 0.25) is 0 Å². The van der Waals surface area contributed by atoms with Gasteiger partial charge in [-0.25, -0.2) is 0 Å². The predicted octanol–water partition coefficient (Wildman–Crippen LogP) is 0.145. The molecular formula is C12H14N3OY-. The average molecular weight is 305 g/mol. The molecule has 4 nitrogen and oxygen atoms in total. The van der Waals surface area contributed by atoms with Crippen LogP contribution < -0.4 is 5.73 Å².